The minimum absolute atomic E-state index is 0.256. The van der Waals surface area contributed by atoms with Crippen molar-refractivity contribution in [1.82, 2.24) is 5.32 Å². The number of nitrogens with one attached hydrogen (secondary N) is 1. The first-order valence-corrected chi connectivity index (χ1v) is 8.96. The molecule has 3 unspecified atom stereocenters. The van der Waals surface area contributed by atoms with Crippen LogP contribution >= 0.6 is 31.9 Å². The van der Waals surface area contributed by atoms with Crippen LogP contribution in [0.3, 0.4) is 0 Å². The van der Waals surface area contributed by atoms with Crippen LogP contribution in [0.1, 0.15) is 50.3 Å². The fourth-order valence-electron chi connectivity index (χ4n) is 2.72. The van der Waals surface area contributed by atoms with Gasteiger partial charge in [0.05, 0.1) is 18.2 Å². The van der Waals surface area contributed by atoms with Crippen LogP contribution in [0.4, 0.5) is 0 Å². The quantitative estimate of drug-likeness (QED) is 0.734. The highest BCUT2D eigenvalue weighted by Gasteiger charge is 2.31. The molecule has 20 heavy (non-hydrogen) atoms. The molecule has 0 spiro atoms. The molecule has 1 saturated heterocycles. The van der Waals surface area contributed by atoms with Gasteiger partial charge >= 0.3 is 0 Å². The highest BCUT2D eigenvalue weighted by molar-refractivity contribution is 9.11. The average molecular weight is 405 g/mol. The Kier molecular flexibility index (Phi) is 6.09. The molecule has 1 fully saturated rings. The SMILES string of the molecule is CCCNC(c1cc(Br)c(C)cc1Br)C1CCC(C)O1. The summed E-state index contributed by atoms with van der Waals surface area (Å²) in [5.74, 6) is 0. The molecule has 0 saturated carbocycles. The predicted molar refractivity (Wildman–Crippen MR) is 91.2 cm³/mol. The van der Waals surface area contributed by atoms with Gasteiger partial charge in [-0.2, -0.15) is 0 Å². The van der Waals surface area contributed by atoms with Crippen LogP contribution in [0.5, 0.6) is 0 Å². The van der Waals surface area contributed by atoms with Crippen molar-refractivity contribution >= 4 is 31.9 Å². The van der Waals surface area contributed by atoms with E-state index in [2.05, 4.69) is 70.1 Å². The van der Waals surface area contributed by atoms with Gasteiger partial charge in [0.1, 0.15) is 0 Å². The highest BCUT2D eigenvalue weighted by atomic mass is 79.9. The molecule has 2 nitrogen and oxygen atoms in total. The summed E-state index contributed by atoms with van der Waals surface area (Å²) >= 11 is 7.37. The van der Waals surface area contributed by atoms with Crippen molar-refractivity contribution in [3.05, 3.63) is 32.2 Å². The Bertz CT molecular complexity index is 464. The Balaban J connectivity index is 2.28. The lowest BCUT2D eigenvalue weighted by Gasteiger charge is -2.27. The van der Waals surface area contributed by atoms with Crippen LogP contribution in [0.25, 0.3) is 0 Å². The fourth-order valence-corrected chi connectivity index (χ4v) is 3.79. The molecule has 3 atom stereocenters. The number of halogens is 2. The maximum absolute atomic E-state index is 6.10. The smallest absolute Gasteiger partial charge is 0.0774 e. The molecule has 1 aliphatic rings. The van der Waals surface area contributed by atoms with E-state index in [0.29, 0.717) is 6.10 Å². The van der Waals surface area contributed by atoms with Gasteiger partial charge in [-0.1, -0.05) is 38.8 Å². The van der Waals surface area contributed by atoms with Gasteiger partial charge in [0.15, 0.2) is 0 Å². The van der Waals surface area contributed by atoms with Gasteiger partial charge in [-0.05, 0) is 62.9 Å². The van der Waals surface area contributed by atoms with Crippen LogP contribution in [-0.4, -0.2) is 18.8 Å². The molecule has 0 amide bonds. The van der Waals surface area contributed by atoms with E-state index in [9.17, 15) is 0 Å². The minimum atomic E-state index is 0.256. The van der Waals surface area contributed by atoms with Crippen molar-refractivity contribution in [2.24, 2.45) is 0 Å². The average Bonchev–Trinajstić information content (AvgIpc) is 2.82. The molecular formula is C16H23Br2NO. The van der Waals surface area contributed by atoms with Gasteiger partial charge in [0.25, 0.3) is 0 Å². The van der Waals surface area contributed by atoms with Crippen molar-refractivity contribution < 1.29 is 4.74 Å². The number of ether oxygens (including phenoxy) is 1. The molecule has 1 aromatic carbocycles. The number of rotatable bonds is 5. The van der Waals surface area contributed by atoms with Crippen LogP contribution < -0.4 is 5.32 Å². The lowest BCUT2D eigenvalue weighted by Crippen LogP contribution is -2.33. The number of hydrogen-bond donors (Lipinski definition) is 1. The molecule has 1 aliphatic heterocycles. The Morgan fingerprint density at radius 1 is 1.30 bits per heavy atom. The van der Waals surface area contributed by atoms with Crippen LogP contribution in [0.2, 0.25) is 0 Å². The summed E-state index contributed by atoms with van der Waals surface area (Å²) in [4.78, 5) is 0. The van der Waals surface area contributed by atoms with Crippen molar-refractivity contribution in [2.75, 3.05) is 6.54 Å². The first-order chi connectivity index (χ1) is 9.52. The molecule has 0 radical (unpaired) electrons. The fraction of sp³-hybridized carbons (Fsp3) is 0.625. The lowest BCUT2D eigenvalue weighted by molar-refractivity contribution is 0.0314. The Hall–Kier alpha value is 0.1000. The second-order valence-corrected chi connectivity index (χ2v) is 7.33. The normalized spacial score (nSPS) is 24.1. The molecule has 1 heterocycles. The molecule has 4 heteroatoms. The molecule has 0 bridgehead atoms. The summed E-state index contributed by atoms with van der Waals surface area (Å²) in [6, 6.07) is 4.66. The van der Waals surface area contributed by atoms with E-state index < -0.39 is 0 Å². The van der Waals surface area contributed by atoms with E-state index in [1.807, 2.05) is 0 Å². The van der Waals surface area contributed by atoms with Crippen molar-refractivity contribution in [3.8, 4) is 0 Å². The second-order valence-electron chi connectivity index (χ2n) is 5.62. The van der Waals surface area contributed by atoms with E-state index in [4.69, 9.17) is 4.74 Å². The van der Waals surface area contributed by atoms with Gasteiger partial charge in [0.2, 0.25) is 0 Å². The standard InChI is InChI=1S/C16H23Br2NO/c1-4-7-19-16(15-6-5-11(3)20-15)12-9-13(17)10(2)8-14(12)18/h8-9,11,15-16,19H,4-7H2,1-3H3. The summed E-state index contributed by atoms with van der Waals surface area (Å²) in [6.07, 6.45) is 4.05. The largest absolute Gasteiger partial charge is 0.373 e. The van der Waals surface area contributed by atoms with Gasteiger partial charge in [-0.15, -0.1) is 0 Å². The molecule has 1 N–H and O–H groups in total. The molecule has 0 aliphatic carbocycles. The Morgan fingerprint density at radius 3 is 2.65 bits per heavy atom. The van der Waals surface area contributed by atoms with Crippen molar-refractivity contribution in [3.63, 3.8) is 0 Å². The molecule has 2 rings (SSSR count). The third kappa shape index (κ3) is 3.85. The van der Waals surface area contributed by atoms with Gasteiger partial charge in [-0.25, -0.2) is 0 Å². The van der Waals surface area contributed by atoms with Crippen LogP contribution in [0, 0.1) is 6.92 Å². The van der Waals surface area contributed by atoms with Gasteiger partial charge in [-0.3, -0.25) is 0 Å². The Morgan fingerprint density at radius 2 is 2.05 bits per heavy atom. The summed E-state index contributed by atoms with van der Waals surface area (Å²) in [5, 5.41) is 3.66. The van der Waals surface area contributed by atoms with Crippen molar-refractivity contribution in [2.45, 2.75) is 58.3 Å². The van der Waals surface area contributed by atoms with Crippen LogP contribution in [-0.2, 0) is 4.74 Å². The zero-order valence-corrected chi connectivity index (χ0v) is 15.6. The lowest BCUT2D eigenvalue weighted by atomic mass is 9.98. The monoisotopic (exact) mass is 403 g/mol. The molecular weight excluding hydrogens is 382 g/mol. The van der Waals surface area contributed by atoms with Crippen molar-refractivity contribution in [1.29, 1.82) is 0 Å². The molecule has 1 aromatic rings. The highest BCUT2D eigenvalue weighted by Crippen LogP contribution is 2.36. The van der Waals surface area contributed by atoms with Gasteiger partial charge < -0.3 is 10.1 Å². The maximum Gasteiger partial charge on any atom is 0.0774 e. The van der Waals surface area contributed by atoms with E-state index >= 15 is 0 Å². The topological polar surface area (TPSA) is 21.3 Å². The summed E-state index contributed by atoms with van der Waals surface area (Å²) in [7, 11) is 0. The first-order valence-electron chi connectivity index (χ1n) is 7.37. The molecule has 112 valence electrons. The molecule has 0 aromatic heterocycles. The summed E-state index contributed by atoms with van der Waals surface area (Å²) in [6.45, 7) is 7.48. The minimum Gasteiger partial charge on any atom is -0.373 e. The third-order valence-electron chi connectivity index (χ3n) is 3.86. The summed E-state index contributed by atoms with van der Waals surface area (Å²) < 4.78 is 8.42. The summed E-state index contributed by atoms with van der Waals surface area (Å²) in [5.41, 5.74) is 2.53. The van der Waals surface area contributed by atoms with Crippen LogP contribution in [0.15, 0.2) is 21.1 Å². The van der Waals surface area contributed by atoms with Gasteiger partial charge in [0, 0.05) is 8.95 Å². The number of hydrogen-bond acceptors (Lipinski definition) is 2. The second kappa shape index (κ2) is 7.39. The van der Waals surface area contributed by atoms with E-state index in [-0.39, 0.29) is 12.1 Å². The third-order valence-corrected chi connectivity index (χ3v) is 5.40. The predicted octanol–water partition coefficient (Wildman–Crippen LogP) is 5.13. The Labute approximate surface area is 138 Å². The zero-order chi connectivity index (χ0) is 14.7. The number of aryl methyl sites for hydroxylation is 1. The van der Waals surface area contributed by atoms with E-state index in [1.54, 1.807) is 0 Å². The maximum atomic E-state index is 6.10. The van der Waals surface area contributed by atoms with E-state index in [1.165, 1.54) is 11.1 Å². The number of benzene rings is 1. The zero-order valence-electron chi connectivity index (χ0n) is 12.4. The first kappa shape index (κ1) is 16.5. The van der Waals surface area contributed by atoms with E-state index in [0.717, 1.165) is 34.8 Å².